The number of nitrogens with zero attached hydrogens (tertiary/aromatic N) is 3. The van der Waals surface area contributed by atoms with Crippen LogP contribution in [0.1, 0.15) is 5.56 Å². The van der Waals surface area contributed by atoms with E-state index in [2.05, 4.69) is 10.3 Å². The van der Waals surface area contributed by atoms with Crippen molar-refractivity contribution in [3.05, 3.63) is 46.2 Å². The van der Waals surface area contributed by atoms with Crippen LogP contribution in [0.15, 0.2) is 35.5 Å². The maximum atomic E-state index is 8.46. The molecule has 0 aliphatic rings. The van der Waals surface area contributed by atoms with Crippen LogP contribution in [-0.4, -0.2) is 21.2 Å². The van der Waals surface area contributed by atoms with E-state index in [0.29, 0.717) is 10.7 Å². The SMILES string of the molecule is O/N=C/c1c(Cl)nn(-c2ccccc2)c1Cl. The number of benzene rings is 1. The Kier molecular flexibility index (Phi) is 3.12. The molecule has 0 amide bonds. The normalized spacial score (nSPS) is 11.1. The van der Waals surface area contributed by atoms with Crippen LogP contribution in [0.25, 0.3) is 5.69 Å². The van der Waals surface area contributed by atoms with Crippen molar-refractivity contribution in [1.82, 2.24) is 9.78 Å². The topological polar surface area (TPSA) is 50.4 Å². The molecule has 0 atom stereocenters. The number of halogens is 2. The van der Waals surface area contributed by atoms with Gasteiger partial charge in [0.25, 0.3) is 0 Å². The zero-order valence-corrected chi connectivity index (χ0v) is 9.52. The Bertz CT molecular complexity index is 522. The predicted molar refractivity (Wildman–Crippen MR) is 63.0 cm³/mol. The second-order valence-electron chi connectivity index (χ2n) is 2.99. The van der Waals surface area contributed by atoms with E-state index < -0.39 is 0 Å². The number of oxime groups is 1. The highest BCUT2D eigenvalue weighted by Gasteiger charge is 2.14. The van der Waals surface area contributed by atoms with E-state index in [4.69, 9.17) is 28.4 Å². The lowest BCUT2D eigenvalue weighted by molar-refractivity contribution is 0.322. The molecule has 16 heavy (non-hydrogen) atoms. The lowest BCUT2D eigenvalue weighted by Gasteiger charge is -2.01. The van der Waals surface area contributed by atoms with Gasteiger partial charge in [0.05, 0.1) is 17.5 Å². The summed E-state index contributed by atoms with van der Waals surface area (Å²) < 4.78 is 1.47. The molecule has 1 aromatic heterocycles. The standard InChI is InChI=1S/C10H7Cl2N3O/c11-9-8(6-13-16)10(12)15(14-9)7-4-2-1-3-5-7/h1-6,16H/b13-6+. The number of hydrogen-bond acceptors (Lipinski definition) is 3. The Morgan fingerprint density at radius 2 is 1.94 bits per heavy atom. The monoisotopic (exact) mass is 255 g/mol. The van der Waals surface area contributed by atoms with Crippen LogP contribution in [0.4, 0.5) is 0 Å². The van der Waals surface area contributed by atoms with Gasteiger partial charge in [-0.3, -0.25) is 0 Å². The van der Waals surface area contributed by atoms with Gasteiger partial charge in [-0.15, -0.1) is 0 Å². The van der Waals surface area contributed by atoms with Crippen LogP contribution >= 0.6 is 23.2 Å². The molecule has 0 aliphatic heterocycles. The molecular formula is C10H7Cl2N3O. The fourth-order valence-corrected chi connectivity index (χ4v) is 1.83. The first-order chi connectivity index (χ1) is 7.74. The van der Waals surface area contributed by atoms with Crippen molar-refractivity contribution in [1.29, 1.82) is 0 Å². The molecule has 0 unspecified atom stereocenters. The molecule has 0 saturated heterocycles. The first kappa shape index (κ1) is 11.0. The molecule has 2 rings (SSSR count). The molecule has 0 radical (unpaired) electrons. The minimum Gasteiger partial charge on any atom is -0.411 e. The van der Waals surface area contributed by atoms with Gasteiger partial charge in [0.2, 0.25) is 0 Å². The molecule has 0 saturated carbocycles. The smallest absolute Gasteiger partial charge is 0.162 e. The highest BCUT2D eigenvalue weighted by Crippen LogP contribution is 2.25. The van der Waals surface area contributed by atoms with Gasteiger partial charge < -0.3 is 5.21 Å². The van der Waals surface area contributed by atoms with Crippen LogP contribution in [0, 0.1) is 0 Å². The van der Waals surface area contributed by atoms with Gasteiger partial charge in [0.15, 0.2) is 5.15 Å². The van der Waals surface area contributed by atoms with Gasteiger partial charge in [-0.25, -0.2) is 4.68 Å². The van der Waals surface area contributed by atoms with E-state index in [-0.39, 0.29) is 5.15 Å². The quantitative estimate of drug-likeness (QED) is 0.510. The predicted octanol–water partition coefficient (Wildman–Crippen LogP) is 2.99. The van der Waals surface area contributed by atoms with Gasteiger partial charge in [0.1, 0.15) is 5.15 Å². The highest BCUT2D eigenvalue weighted by molar-refractivity contribution is 6.37. The van der Waals surface area contributed by atoms with E-state index in [9.17, 15) is 0 Å². The summed E-state index contributed by atoms with van der Waals surface area (Å²) in [5.41, 5.74) is 1.17. The van der Waals surface area contributed by atoms with Crippen molar-refractivity contribution in [2.75, 3.05) is 0 Å². The molecule has 0 bridgehead atoms. The lowest BCUT2D eigenvalue weighted by atomic mass is 10.3. The minimum absolute atomic E-state index is 0.187. The number of aromatic nitrogens is 2. The molecule has 6 heteroatoms. The molecule has 0 fully saturated rings. The Morgan fingerprint density at radius 3 is 2.56 bits per heavy atom. The van der Waals surface area contributed by atoms with E-state index in [0.717, 1.165) is 11.9 Å². The molecule has 82 valence electrons. The van der Waals surface area contributed by atoms with Crippen molar-refractivity contribution in [2.45, 2.75) is 0 Å². The average molecular weight is 256 g/mol. The van der Waals surface area contributed by atoms with Gasteiger partial charge in [-0.05, 0) is 12.1 Å². The van der Waals surface area contributed by atoms with Gasteiger partial charge >= 0.3 is 0 Å². The lowest BCUT2D eigenvalue weighted by Crippen LogP contribution is -1.95. The van der Waals surface area contributed by atoms with Gasteiger partial charge in [0, 0.05) is 0 Å². The summed E-state index contributed by atoms with van der Waals surface area (Å²) in [6, 6.07) is 9.30. The molecule has 0 aliphatic carbocycles. The number of hydrogen-bond donors (Lipinski definition) is 1. The third kappa shape index (κ3) is 1.89. The minimum atomic E-state index is 0.187. The molecular weight excluding hydrogens is 249 g/mol. The van der Waals surface area contributed by atoms with Crippen molar-refractivity contribution in [2.24, 2.45) is 5.16 Å². The summed E-state index contributed by atoms with van der Waals surface area (Å²) in [5, 5.41) is 15.9. The molecule has 1 N–H and O–H groups in total. The van der Waals surface area contributed by atoms with Crippen LogP contribution in [0.5, 0.6) is 0 Å². The molecule has 0 spiro atoms. The maximum absolute atomic E-state index is 8.46. The van der Waals surface area contributed by atoms with Gasteiger partial charge in [-0.2, -0.15) is 5.10 Å². The number of rotatable bonds is 2. The van der Waals surface area contributed by atoms with Crippen LogP contribution < -0.4 is 0 Å². The van der Waals surface area contributed by atoms with Crippen molar-refractivity contribution in [3.63, 3.8) is 0 Å². The first-order valence-electron chi connectivity index (χ1n) is 4.41. The Hall–Kier alpha value is -1.52. The van der Waals surface area contributed by atoms with E-state index in [1.807, 2.05) is 30.3 Å². The Labute approximate surface area is 102 Å². The summed E-state index contributed by atoms with van der Waals surface area (Å²) in [7, 11) is 0. The number of para-hydroxylation sites is 1. The first-order valence-corrected chi connectivity index (χ1v) is 5.16. The van der Waals surface area contributed by atoms with Crippen molar-refractivity contribution >= 4 is 29.4 Å². The third-order valence-corrected chi connectivity index (χ3v) is 2.65. The van der Waals surface area contributed by atoms with Crippen LogP contribution in [-0.2, 0) is 0 Å². The summed E-state index contributed by atoms with van der Waals surface area (Å²) in [6.45, 7) is 0. The Balaban J connectivity index is 2.56. The van der Waals surface area contributed by atoms with Gasteiger partial charge in [-0.1, -0.05) is 46.6 Å². The molecule has 1 aromatic carbocycles. The highest BCUT2D eigenvalue weighted by atomic mass is 35.5. The summed E-state index contributed by atoms with van der Waals surface area (Å²) in [5.74, 6) is 0. The summed E-state index contributed by atoms with van der Waals surface area (Å²) in [4.78, 5) is 0. The zero-order valence-electron chi connectivity index (χ0n) is 8.01. The zero-order chi connectivity index (χ0) is 11.5. The fraction of sp³-hybridized carbons (Fsp3) is 0. The van der Waals surface area contributed by atoms with E-state index >= 15 is 0 Å². The molecule has 1 heterocycles. The summed E-state index contributed by atoms with van der Waals surface area (Å²) in [6.07, 6.45) is 1.15. The van der Waals surface area contributed by atoms with E-state index in [1.165, 1.54) is 4.68 Å². The van der Waals surface area contributed by atoms with E-state index in [1.54, 1.807) is 0 Å². The largest absolute Gasteiger partial charge is 0.411 e. The Morgan fingerprint density at radius 1 is 1.25 bits per heavy atom. The van der Waals surface area contributed by atoms with Crippen molar-refractivity contribution < 1.29 is 5.21 Å². The third-order valence-electron chi connectivity index (χ3n) is 2.01. The molecule has 2 aromatic rings. The van der Waals surface area contributed by atoms with Crippen LogP contribution in [0.3, 0.4) is 0 Å². The fourth-order valence-electron chi connectivity index (χ4n) is 1.29. The summed E-state index contributed by atoms with van der Waals surface area (Å²) >= 11 is 11.9. The second kappa shape index (κ2) is 4.55. The average Bonchev–Trinajstić information content (AvgIpc) is 2.59. The molecule has 4 nitrogen and oxygen atoms in total. The van der Waals surface area contributed by atoms with Crippen LogP contribution in [0.2, 0.25) is 10.3 Å². The van der Waals surface area contributed by atoms with Crippen molar-refractivity contribution in [3.8, 4) is 5.69 Å². The second-order valence-corrected chi connectivity index (χ2v) is 3.70. The maximum Gasteiger partial charge on any atom is 0.162 e.